The fourth-order valence-corrected chi connectivity index (χ4v) is 3.69. The van der Waals surface area contributed by atoms with E-state index < -0.39 is 5.82 Å². The third kappa shape index (κ3) is 4.46. The van der Waals surface area contributed by atoms with Crippen molar-refractivity contribution >= 4 is 17.5 Å². The number of nitrogens with zero attached hydrogens (tertiary/aromatic N) is 5. The number of aromatic nitrogens is 3. The molecule has 1 aromatic carbocycles. The standard InChI is InChI=1S/C23H21ClFN5O/c1-28(2)11-3-4-21(31)29-12-13-30-20(15-29)22(16-7-9-26-10-8-16)23(27-30)18-6-5-17(24)14-19(18)25/h5-10,14H,11-13,15H2,1-2H3. The van der Waals surface area contributed by atoms with Crippen molar-refractivity contribution in [3.8, 4) is 34.2 Å². The van der Waals surface area contributed by atoms with Crippen LogP contribution in [0.5, 0.6) is 0 Å². The fourth-order valence-electron chi connectivity index (χ4n) is 3.54. The molecule has 0 N–H and O–H groups in total. The van der Waals surface area contributed by atoms with Crippen LogP contribution < -0.4 is 0 Å². The van der Waals surface area contributed by atoms with Gasteiger partial charge in [-0.2, -0.15) is 5.10 Å². The lowest BCUT2D eigenvalue weighted by molar-refractivity contribution is -0.126. The highest BCUT2D eigenvalue weighted by Crippen LogP contribution is 2.37. The highest BCUT2D eigenvalue weighted by atomic mass is 35.5. The highest BCUT2D eigenvalue weighted by Gasteiger charge is 2.28. The van der Waals surface area contributed by atoms with E-state index in [1.807, 2.05) is 35.8 Å². The molecular formula is C23H21ClFN5O. The van der Waals surface area contributed by atoms with Crippen molar-refractivity contribution in [1.82, 2.24) is 24.6 Å². The smallest absolute Gasteiger partial charge is 0.298 e. The van der Waals surface area contributed by atoms with Crippen LogP contribution in [-0.4, -0.2) is 57.7 Å². The zero-order valence-corrected chi connectivity index (χ0v) is 18.0. The molecule has 0 unspecified atom stereocenters. The van der Waals surface area contributed by atoms with Gasteiger partial charge in [-0.15, -0.1) is 0 Å². The molecule has 1 amide bonds. The predicted octanol–water partition coefficient (Wildman–Crippen LogP) is 3.31. The normalized spacial score (nSPS) is 13.0. The summed E-state index contributed by atoms with van der Waals surface area (Å²) in [5, 5.41) is 5.02. The highest BCUT2D eigenvalue weighted by molar-refractivity contribution is 6.30. The molecule has 4 rings (SSSR count). The minimum absolute atomic E-state index is 0.228. The third-order valence-corrected chi connectivity index (χ3v) is 5.25. The number of amides is 1. The average molecular weight is 438 g/mol. The van der Waals surface area contributed by atoms with Gasteiger partial charge in [0.25, 0.3) is 5.91 Å². The molecule has 0 spiro atoms. The van der Waals surface area contributed by atoms with Gasteiger partial charge < -0.3 is 4.90 Å². The molecule has 0 fully saturated rings. The number of benzene rings is 1. The predicted molar refractivity (Wildman–Crippen MR) is 118 cm³/mol. The molecule has 3 aromatic rings. The summed E-state index contributed by atoms with van der Waals surface area (Å²) in [6, 6.07) is 8.26. The van der Waals surface area contributed by atoms with Crippen molar-refractivity contribution in [2.45, 2.75) is 13.1 Å². The van der Waals surface area contributed by atoms with Crippen LogP contribution in [0.3, 0.4) is 0 Å². The summed E-state index contributed by atoms with van der Waals surface area (Å²) < 4.78 is 16.6. The van der Waals surface area contributed by atoms with Crippen LogP contribution in [0, 0.1) is 17.7 Å². The Kier molecular flexibility index (Phi) is 6.03. The molecule has 0 aliphatic carbocycles. The van der Waals surface area contributed by atoms with E-state index in [0.717, 1.165) is 16.8 Å². The van der Waals surface area contributed by atoms with E-state index in [1.54, 1.807) is 29.4 Å². The van der Waals surface area contributed by atoms with Crippen molar-refractivity contribution in [2.24, 2.45) is 0 Å². The van der Waals surface area contributed by atoms with Crippen molar-refractivity contribution in [3.63, 3.8) is 0 Å². The fraction of sp³-hybridized carbons (Fsp3) is 0.261. The van der Waals surface area contributed by atoms with Crippen LogP contribution >= 0.6 is 11.6 Å². The maximum atomic E-state index is 14.8. The SMILES string of the molecule is CN(C)CC#CC(=O)N1CCn2nc(-c3ccc(Cl)cc3F)c(-c3ccncc3)c2C1. The van der Waals surface area contributed by atoms with E-state index in [9.17, 15) is 9.18 Å². The molecule has 1 aliphatic heterocycles. The Hall–Kier alpha value is -3.21. The molecule has 31 heavy (non-hydrogen) atoms. The number of rotatable bonds is 3. The molecule has 3 heterocycles. The summed E-state index contributed by atoms with van der Waals surface area (Å²) >= 11 is 5.94. The second kappa shape index (κ2) is 8.88. The van der Waals surface area contributed by atoms with Gasteiger partial charge in [-0.1, -0.05) is 17.5 Å². The van der Waals surface area contributed by atoms with E-state index in [0.29, 0.717) is 42.5 Å². The summed E-state index contributed by atoms with van der Waals surface area (Å²) in [5.74, 6) is 4.93. The molecule has 0 saturated heterocycles. The zero-order chi connectivity index (χ0) is 22.0. The van der Waals surface area contributed by atoms with Crippen LogP contribution in [0.2, 0.25) is 5.02 Å². The lowest BCUT2D eigenvalue weighted by atomic mass is 9.98. The van der Waals surface area contributed by atoms with Gasteiger partial charge in [-0.05, 0) is 55.9 Å². The number of hydrogen-bond acceptors (Lipinski definition) is 4. The number of halogens is 2. The molecule has 158 valence electrons. The Morgan fingerprint density at radius 1 is 1.23 bits per heavy atom. The van der Waals surface area contributed by atoms with Gasteiger partial charge in [0.15, 0.2) is 0 Å². The Morgan fingerprint density at radius 2 is 2.00 bits per heavy atom. The third-order valence-electron chi connectivity index (χ3n) is 5.01. The van der Waals surface area contributed by atoms with Crippen LogP contribution in [0.4, 0.5) is 4.39 Å². The van der Waals surface area contributed by atoms with Gasteiger partial charge in [-0.25, -0.2) is 4.39 Å². The van der Waals surface area contributed by atoms with Gasteiger partial charge in [0.2, 0.25) is 0 Å². The Balaban J connectivity index is 1.77. The van der Waals surface area contributed by atoms with E-state index in [-0.39, 0.29) is 5.91 Å². The molecule has 2 aromatic heterocycles. The van der Waals surface area contributed by atoms with Crippen LogP contribution in [0.15, 0.2) is 42.7 Å². The summed E-state index contributed by atoms with van der Waals surface area (Å²) in [6.45, 7) is 1.85. The molecule has 1 aliphatic rings. The van der Waals surface area contributed by atoms with E-state index in [1.165, 1.54) is 6.07 Å². The summed E-state index contributed by atoms with van der Waals surface area (Å²) in [4.78, 5) is 20.3. The Labute approximate surface area is 185 Å². The maximum absolute atomic E-state index is 14.8. The summed E-state index contributed by atoms with van der Waals surface area (Å²) in [6.07, 6.45) is 3.36. The average Bonchev–Trinajstić information content (AvgIpc) is 3.12. The summed E-state index contributed by atoms with van der Waals surface area (Å²) in [5.41, 5.74) is 3.35. The molecule has 8 heteroatoms. The molecule has 0 saturated carbocycles. The molecule has 0 radical (unpaired) electrons. The second-order valence-corrected chi connectivity index (χ2v) is 7.96. The largest absolute Gasteiger partial charge is 0.324 e. The van der Waals surface area contributed by atoms with E-state index in [2.05, 4.69) is 16.8 Å². The van der Waals surface area contributed by atoms with Gasteiger partial charge in [-0.3, -0.25) is 19.4 Å². The molecule has 6 nitrogen and oxygen atoms in total. The number of carbonyl (C=O) groups is 1. The monoisotopic (exact) mass is 437 g/mol. The molecule has 0 bridgehead atoms. The van der Waals surface area contributed by atoms with Crippen molar-refractivity contribution in [2.75, 3.05) is 27.2 Å². The first-order valence-electron chi connectivity index (χ1n) is 9.82. The minimum Gasteiger partial charge on any atom is -0.324 e. The van der Waals surface area contributed by atoms with Crippen molar-refractivity contribution in [1.29, 1.82) is 0 Å². The number of carbonyl (C=O) groups excluding carboxylic acids is 1. The number of pyridine rings is 1. The van der Waals surface area contributed by atoms with E-state index >= 15 is 0 Å². The Bertz CT molecular complexity index is 1180. The second-order valence-electron chi connectivity index (χ2n) is 7.52. The summed E-state index contributed by atoms with van der Waals surface area (Å²) in [7, 11) is 3.80. The van der Waals surface area contributed by atoms with Gasteiger partial charge >= 0.3 is 0 Å². The molecular weight excluding hydrogens is 417 g/mol. The van der Waals surface area contributed by atoms with Gasteiger partial charge in [0.1, 0.15) is 11.5 Å². The minimum atomic E-state index is -0.444. The van der Waals surface area contributed by atoms with Crippen molar-refractivity contribution in [3.05, 3.63) is 59.3 Å². The van der Waals surface area contributed by atoms with Gasteiger partial charge in [0, 0.05) is 35.1 Å². The topological polar surface area (TPSA) is 54.3 Å². The maximum Gasteiger partial charge on any atom is 0.298 e. The van der Waals surface area contributed by atoms with E-state index in [4.69, 9.17) is 16.7 Å². The van der Waals surface area contributed by atoms with Crippen LogP contribution in [-0.2, 0) is 17.9 Å². The van der Waals surface area contributed by atoms with Gasteiger partial charge in [0.05, 0.1) is 25.3 Å². The lowest BCUT2D eigenvalue weighted by Gasteiger charge is -2.26. The van der Waals surface area contributed by atoms with Crippen LogP contribution in [0.1, 0.15) is 5.69 Å². The number of fused-ring (bicyclic) bond motifs is 1. The first-order chi connectivity index (χ1) is 14.9. The first-order valence-corrected chi connectivity index (χ1v) is 10.2. The lowest BCUT2D eigenvalue weighted by Crippen LogP contribution is -2.38. The Morgan fingerprint density at radius 3 is 2.71 bits per heavy atom. The van der Waals surface area contributed by atoms with Crippen molar-refractivity contribution < 1.29 is 9.18 Å². The zero-order valence-electron chi connectivity index (χ0n) is 17.3. The molecule has 0 atom stereocenters. The quantitative estimate of drug-likeness (QED) is 0.590. The van der Waals surface area contributed by atoms with Crippen LogP contribution in [0.25, 0.3) is 22.4 Å². The first kappa shape index (κ1) is 21.0. The number of hydrogen-bond donors (Lipinski definition) is 0.